The zero-order valence-corrected chi connectivity index (χ0v) is 23.6. The molecule has 0 aliphatic carbocycles. The standard InChI is InChI=1S/C26H31FN6O6S/c1-14(2)30-22(35)16(4)32-23(36)21-15(3)24(33-28-8-9-29-33)40-25(21)31(26(32)37)13-20(39-11-10-34)18-12-17(27)6-7-19(18)38-5/h6-9,12,14,16,20,34H,10-11,13H2,1-5H3,(H,30,35). The molecule has 0 saturated heterocycles. The van der Waals surface area contributed by atoms with Crippen LogP contribution in [0, 0.1) is 12.7 Å². The molecule has 0 aliphatic rings. The lowest BCUT2D eigenvalue weighted by atomic mass is 10.1. The molecular weight excluding hydrogens is 543 g/mol. The number of nitrogens with zero attached hydrogens (tertiary/aromatic N) is 5. The molecule has 3 aromatic heterocycles. The van der Waals surface area contributed by atoms with Gasteiger partial charge in [-0.25, -0.2) is 13.8 Å². The van der Waals surface area contributed by atoms with E-state index in [1.807, 2.05) is 0 Å². The van der Waals surface area contributed by atoms with Crippen LogP contribution in [0.3, 0.4) is 0 Å². The van der Waals surface area contributed by atoms with Gasteiger partial charge in [0.2, 0.25) is 5.91 Å². The van der Waals surface area contributed by atoms with E-state index in [0.717, 1.165) is 15.9 Å². The van der Waals surface area contributed by atoms with Crippen molar-refractivity contribution in [2.24, 2.45) is 0 Å². The Labute approximate surface area is 232 Å². The van der Waals surface area contributed by atoms with E-state index >= 15 is 0 Å². The van der Waals surface area contributed by atoms with Gasteiger partial charge >= 0.3 is 5.69 Å². The molecule has 4 rings (SSSR count). The van der Waals surface area contributed by atoms with E-state index < -0.39 is 35.1 Å². The molecule has 214 valence electrons. The van der Waals surface area contributed by atoms with Crippen LogP contribution >= 0.6 is 11.3 Å². The Balaban J connectivity index is 1.99. The molecule has 1 amide bonds. The van der Waals surface area contributed by atoms with Crippen molar-refractivity contribution in [2.75, 3.05) is 20.3 Å². The van der Waals surface area contributed by atoms with Crippen molar-refractivity contribution in [3.63, 3.8) is 0 Å². The summed E-state index contributed by atoms with van der Waals surface area (Å²) in [4.78, 5) is 42.4. The van der Waals surface area contributed by atoms with Gasteiger partial charge in [0.25, 0.3) is 5.56 Å². The number of methoxy groups -OCH3 is 1. The molecule has 0 saturated carbocycles. The van der Waals surface area contributed by atoms with Crippen LogP contribution in [0.25, 0.3) is 15.2 Å². The molecular formula is C26H31FN6O6S. The zero-order valence-electron chi connectivity index (χ0n) is 22.8. The van der Waals surface area contributed by atoms with Gasteiger partial charge in [0.05, 0.1) is 44.6 Å². The predicted molar refractivity (Wildman–Crippen MR) is 147 cm³/mol. The number of halogens is 1. The highest BCUT2D eigenvalue weighted by Crippen LogP contribution is 2.34. The van der Waals surface area contributed by atoms with Gasteiger partial charge in [-0.15, -0.1) is 4.80 Å². The Kier molecular flexibility index (Phi) is 8.81. The number of nitrogens with one attached hydrogen (secondary N) is 1. The molecule has 2 N–H and O–H groups in total. The lowest BCUT2D eigenvalue weighted by molar-refractivity contribution is -0.124. The number of carbonyl (C=O) groups excluding carboxylic acids is 1. The molecule has 0 fully saturated rings. The molecule has 2 unspecified atom stereocenters. The Morgan fingerprint density at radius 2 is 1.90 bits per heavy atom. The van der Waals surface area contributed by atoms with Gasteiger partial charge < -0.3 is 19.9 Å². The molecule has 14 heteroatoms. The van der Waals surface area contributed by atoms with Crippen LogP contribution in [0.1, 0.15) is 44.0 Å². The van der Waals surface area contributed by atoms with Crippen molar-refractivity contribution in [2.45, 2.75) is 52.4 Å². The number of hydrogen-bond donors (Lipinski definition) is 2. The average molecular weight is 575 g/mol. The monoisotopic (exact) mass is 574 g/mol. The molecule has 2 atom stereocenters. The number of ether oxygens (including phenoxy) is 2. The highest BCUT2D eigenvalue weighted by Gasteiger charge is 2.29. The fourth-order valence-electron chi connectivity index (χ4n) is 4.45. The molecule has 12 nitrogen and oxygen atoms in total. The Morgan fingerprint density at radius 1 is 1.20 bits per heavy atom. The number of carbonyl (C=O) groups is 1. The van der Waals surface area contributed by atoms with Crippen LogP contribution in [-0.4, -0.2) is 61.5 Å². The molecule has 3 heterocycles. The summed E-state index contributed by atoms with van der Waals surface area (Å²) in [5, 5.41) is 21.3. The average Bonchev–Trinajstić information content (AvgIpc) is 3.56. The first kappa shape index (κ1) is 29.1. The number of aromatic nitrogens is 5. The summed E-state index contributed by atoms with van der Waals surface area (Å²) in [6, 6.07) is 2.56. The highest BCUT2D eigenvalue weighted by molar-refractivity contribution is 7.21. The van der Waals surface area contributed by atoms with Crippen molar-refractivity contribution >= 4 is 27.5 Å². The minimum atomic E-state index is -1.14. The molecule has 1 aromatic carbocycles. The van der Waals surface area contributed by atoms with Crippen LogP contribution in [0.15, 0.2) is 40.2 Å². The number of thiophene rings is 1. The van der Waals surface area contributed by atoms with E-state index in [2.05, 4.69) is 15.5 Å². The Morgan fingerprint density at radius 3 is 2.52 bits per heavy atom. The number of fused-ring (bicyclic) bond motifs is 1. The quantitative estimate of drug-likeness (QED) is 0.277. The van der Waals surface area contributed by atoms with E-state index in [0.29, 0.717) is 26.7 Å². The van der Waals surface area contributed by atoms with Crippen LogP contribution in [0.2, 0.25) is 0 Å². The molecule has 4 aromatic rings. The summed E-state index contributed by atoms with van der Waals surface area (Å²) in [5.41, 5.74) is -0.554. The van der Waals surface area contributed by atoms with E-state index in [-0.39, 0.29) is 31.2 Å². The minimum absolute atomic E-state index is 0.110. The van der Waals surface area contributed by atoms with Gasteiger partial charge in [0, 0.05) is 17.2 Å². The number of rotatable bonds is 11. The van der Waals surface area contributed by atoms with E-state index in [4.69, 9.17) is 9.47 Å². The predicted octanol–water partition coefficient (Wildman–Crippen LogP) is 2.10. The SMILES string of the molecule is COc1ccc(F)cc1C(Cn1c(=O)n(C(C)C(=O)NC(C)C)c(=O)c2c(C)c(-n3nccn3)sc21)OCCO. The third-order valence-electron chi connectivity index (χ3n) is 6.31. The molecule has 0 aliphatic heterocycles. The van der Waals surface area contributed by atoms with Crippen molar-refractivity contribution in [3.05, 3.63) is 68.4 Å². The Hall–Kier alpha value is -3.88. The fourth-order valence-corrected chi connectivity index (χ4v) is 5.67. The lowest BCUT2D eigenvalue weighted by Crippen LogP contribution is -2.47. The van der Waals surface area contributed by atoms with Gasteiger partial charge in [-0.2, -0.15) is 10.2 Å². The van der Waals surface area contributed by atoms with Gasteiger partial charge in [-0.1, -0.05) is 11.3 Å². The van der Waals surface area contributed by atoms with Crippen molar-refractivity contribution in [1.82, 2.24) is 29.4 Å². The van der Waals surface area contributed by atoms with Crippen LogP contribution in [0.4, 0.5) is 4.39 Å². The first-order chi connectivity index (χ1) is 19.1. The lowest BCUT2D eigenvalue weighted by Gasteiger charge is -2.23. The number of hydrogen-bond acceptors (Lipinski definition) is 9. The summed E-state index contributed by atoms with van der Waals surface area (Å²) in [6.45, 7) is 6.13. The first-order valence-corrected chi connectivity index (χ1v) is 13.4. The summed E-state index contributed by atoms with van der Waals surface area (Å²) in [5.74, 6) is -0.730. The van der Waals surface area contributed by atoms with E-state index in [9.17, 15) is 23.9 Å². The normalized spacial score (nSPS) is 13.1. The second-order valence-electron chi connectivity index (χ2n) is 9.41. The fraction of sp³-hybridized carbons (Fsp3) is 0.423. The highest BCUT2D eigenvalue weighted by atomic mass is 32.1. The molecule has 0 spiro atoms. The van der Waals surface area contributed by atoms with E-state index in [1.165, 1.54) is 54.0 Å². The largest absolute Gasteiger partial charge is 0.496 e. The third-order valence-corrected chi connectivity index (χ3v) is 7.59. The summed E-state index contributed by atoms with van der Waals surface area (Å²) in [7, 11) is 1.42. The number of amides is 1. The molecule has 40 heavy (non-hydrogen) atoms. The third kappa shape index (κ3) is 5.55. The maximum Gasteiger partial charge on any atom is 0.332 e. The number of aliphatic hydroxyl groups is 1. The number of benzene rings is 1. The van der Waals surface area contributed by atoms with Crippen molar-refractivity contribution < 1.29 is 23.8 Å². The number of aliphatic hydroxyl groups excluding tert-OH is 1. The smallest absolute Gasteiger partial charge is 0.332 e. The summed E-state index contributed by atoms with van der Waals surface area (Å²) < 4.78 is 27.9. The molecule has 0 radical (unpaired) electrons. The van der Waals surface area contributed by atoms with Gasteiger partial charge in [0.1, 0.15) is 33.5 Å². The van der Waals surface area contributed by atoms with Gasteiger partial charge in [-0.05, 0) is 45.9 Å². The summed E-state index contributed by atoms with van der Waals surface area (Å²) in [6.07, 6.45) is 2.02. The zero-order chi connectivity index (χ0) is 29.1. The van der Waals surface area contributed by atoms with Gasteiger partial charge in [0.15, 0.2) is 0 Å². The van der Waals surface area contributed by atoms with Crippen LogP contribution in [0.5, 0.6) is 5.75 Å². The Bertz CT molecular complexity index is 1630. The maximum atomic E-state index is 14.3. The second kappa shape index (κ2) is 12.1. The molecule has 0 bridgehead atoms. The minimum Gasteiger partial charge on any atom is -0.496 e. The van der Waals surface area contributed by atoms with Crippen LogP contribution < -0.4 is 21.3 Å². The van der Waals surface area contributed by atoms with Crippen LogP contribution in [-0.2, 0) is 16.1 Å². The van der Waals surface area contributed by atoms with Gasteiger partial charge in [-0.3, -0.25) is 14.2 Å². The number of aryl methyl sites for hydroxylation is 1. The topological polar surface area (TPSA) is 142 Å². The van der Waals surface area contributed by atoms with Crippen molar-refractivity contribution in [3.8, 4) is 10.8 Å². The first-order valence-electron chi connectivity index (χ1n) is 12.6. The van der Waals surface area contributed by atoms with Crippen molar-refractivity contribution in [1.29, 1.82) is 0 Å². The summed E-state index contributed by atoms with van der Waals surface area (Å²) >= 11 is 1.13. The van der Waals surface area contributed by atoms with E-state index in [1.54, 1.807) is 20.8 Å². The second-order valence-corrected chi connectivity index (χ2v) is 10.4. The maximum absolute atomic E-state index is 14.3.